The number of amides is 1. The van der Waals surface area contributed by atoms with Gasteiger partial charge in [0.1, 0.15) is 22.2 Å². The zero-order chi connectivity index (χ0) is 21.4. The molecule has 158 valence electrons. The van der Waals surface area contributed by atoms with Gasteiger partial charge in [0.25, 0.3) is 5.91 Å². The number of nitrogens with one attached hydrogen (secondary N) is 1. The maximum absolute atomic E-state index is 13.2. The Morgan fingerprint density at radius 2 is 2.10 bits per heavy atom. The molecule has 1 saturated heterocycles. The summed E-state index contributed by atoms with van der Waals surface area (Å²) in [5.41, 5.74) is 1.44. The molecule has 3 heterocycles. The molecule has 4 rings (SSSR count). The zero-order valence-corrected chi connectivity index (χ0v) is 19.2. The van der Waals surface area contributed by atoms with Crippen molar-refractivity contribution < 1.29 is 9.53 Å². The second-order valence-electron chi connectivity index (χ2n) is 7.67. The van der Waals surface area contributed by atoms with Gasteiger partial charge in [-0.2, -0.15) is 0 Å². The number of piperidine rings is 1. The molecule has 1 aliphatic rings. The third kappa shape index (κ3) is 3.84. The van der Waals surface area contributed by atoms with Gasteiger partial charge in [0.15, 0.2) is 0 Å². The third-order valence-corrected chi connectivity index (χ3v) is 6.99. The molecule has 3 aromatic rings. The molecule has 1 unspecified atom stereocenters. The van der Waals surface area contributed by atoms with Crippen molar-refractivity contribution >= 4 is 50.6 Å². The number of nitrogens with zero attached hydrogens (tertiary/aromatic N) is 3. The molecule has 0 spiro atoms. The van der Waals surface area contributed by atoms with E-state index in [4.69, 9.17) is 21.3 Å². The monoisotopic (exact) mass is 444 g/mol. The Labute approximate surface area is 185 Å². The lowest BCUT2D eigenvalue weighted by atomic mass is 10.0. The SMILES string of the molecule is COc1ccc(Cl)cc1NC(=O)c1sc2nc(C)nc(N3CCCCC3C)c2c1C. The van der Waals surface area contributed by atoms with Crippen LogP contribution in [0, 0.1) is 13.8 Å². The minimum atomic E-state index is -0.202. The number of fused-ring (bicyclic) bond motifs is 1. The first-order valence-electron chi connectivity index (χ1n) is 10.1. The summed E-state index contributed by atoms with van der Waals surface area (Å²) < 4.78 is 5.35. The maximum atomic E-state index is 13.2. The van der Waals surface area contributed by atoms with Crippen molar-refractivity contribution in [1.82, 2.24) is 9.97 Å². The fourth-order valence-corrected chi connectivity index (χ4v) is 5.30. The average Bonchev–Trinajstić information content (AvgIpc) is 3.04. The lowest BCUT2D eigenvalue weighted by molar-refractivity contribution is 0.102. The topological polar surface area (TPSA) is 67.3 Å². The van der Waals surface area contributed by atoms with Crippen LogP contribution in [0.3, 0.4) is 0 Å². The van der Waals surface area contributed by atoms with Crippen LogP contribution in [0.1, 0.15) is 47.2 Å². The Bertz CT molecular complexity index is 1110. The van der Waals surface area contributed by atoms with Crippen LogP contribution in [0.15, 0.2) is 18.2 Å². The van der Waals surface area contributed by atoms with E-state index in [1.807, 2.05) is 13.8 Å². The number of benzene rings is 1. The Balaban J connectivity index is 1.76. The molecule has 8 heteroatoms. The normalized spacial score (nSPS) is 16.7. The van der Waals surface area contributed by atoms with Gasteiger partial charge in [-0.3, -0.25) is 4.79 Å². The van der Waals surface area contributed by atoms with Gasteiger partial charge in [-0.15, -0.1) is 11.3 Å². The molecular formula is C22H25ClN4O2S. The number of ether oxygens (including phenoxy) is 1. The van der Waals surface area contributed by atoms with Gasteiger partial charge in [-0.1, -0.05) is 11.6 Å². The van der Waals surface area contributed by atoms with E-state index in [9.17, 15) is 4.79 Å². The summed E-state index contributed by atoms with van der Waals surface area (Å²) in [4.78, 5) is 26.4. The van der Waals surface area contributed by atoms with Gasteiger partial charge >= 0.3 is 0 Å². The largest absolute Gasteiger partial charge is 0.495 e. The number of hydrogen-bond acceptors (Lipinski definition) is 6. The van der Waals surface area contributed by atoms with E-state index >= 15 is 0 Å². The highest BCUT2D eigenvalue weighted by Crippen LogP contribution is 2.38. The molecule has 0 radical (unpaired) electrons. The molecule has 1 aromatic carbocycles. The fourth-order valence-electron chi connectivity index (χ4n) is 4.02. The number of anilines is 2. The maximum Gasteiger partial charge on any atom is 0.266 e. The fraction of sp³-hybridized carbons (Fsp3) is 0.409. The van der Waals surface area contributed by atoms with Crippen LogP contribution in [0.5, 0.6) is 5.75 Å². The van der Waals surface area contributed by atoms with Gasteiger partial charge in [0, 0.05) is 17.6 Å². The van der Waals surface area contributed by atoms with Crippen molar-refractivity contribution in [2.45, 2.75) is 46.1 Å². The Hall–Kier alpha value is -2.38. The lowest BCUT2D eigenvalue weighted by Gasteiger charge is -2.35. The number of halogens is 1. The van der Waals surface area contributed by atoms with Gasteiger partial charge in [-0.25, -0.2) is 9.97 Å². The van der Waals surface area contributed by atoms with Crippen molar-refractivity contribution in [3.63, 3.8) is 0 Å². The highest BCUT2D eigenvalue weighted by Gasteiger charge is 2.26. The number of thiophene rings is 1. The van der Waals surface area contributed by atoms with Gasteiger partial charge in [0.2, 0.25) is 0 Å². The molecule has 0 aliphatic carbocycles. The highest BCUT2D eigenvalue weighted by molar-refractivity contribution is 7.20. The minimum Gasteiger partial charge on any atom is -0.495 e. The highest BCUT2D eigenvalue weighted by atomic mass is 35.5. The summed E-state index contributed by atoms with van der Waals surface area (Å²) in [6.45, 7) is 7.09. The van der Waals surface area contributed by atoms with Crippen LogP contribution < -0.4 is 15.0 Å². The summed E-state index contributed by atoms with van der Waals surface area (Å²) in [6.07, 6.45) is 3.54. The Kier molecular flexibility index (Phi) is 5.84. The first-order chi connectivity index (χ1) is 14.4. The number of rotatable bonds is 4. The number of aromatic nitrogens is 2. The Morgan fingerprint density at radius 3 is 2.83 bits per heavy atom. The zero-order valence-electron chi connectivity index (χ0n) is 17.6. The van der Waals surface area contributed by atoms with Gasteiger partial charge < -0.3 is 15.0 Å². The van der Waals surface area contributed by atoms with E-state index in [1.165, 1.54) is 17.8 Å². The van der Waals surface area contributed by atoms with E-state index in [0.717, 1.165) is 46.8 Å². The second-order valence-corrected chi connectivity index (χ2v) is 9.10. The van der Waals surface area contributed by atoms with Crippen LogP contribution in [-0.2, 0) is 0 Å². The summed E-state index contributed by atoms with van der Waals surface area (Å²) in [7, 11) is 1.56. The van der Waals surface area contributed by atoms with Crippen LogP contribution in [0.4, 0.5) is 11.5 Å². The predicted molar refractivity (Wildman–Crippen MR) is 124 cm³/mol. The second kappa shape index (κ2) is 8.40. The number of methoxy groups -OCH3 is 1. The average molecular weight is 445 g/mol. The number of hydrogen-bond donors (Lipinski definition) is 1. The van der Waals surface area contributed by atoms with Crippen LogP contribution in [-0.4, -0.2) is 35.6 Å². The summed E-state index contributed by atoms with van der Waals surface area (Å²) in [5, 5.41) is 4.45. The predicted octanol–water partition coefficient (Wildman–Crippen LogP) is 5.60. The van der Waals surface area contributed by atoms with Crippen molar-refractivity contribution in [3.8, 4) is 5.75 Å². The summed E-state index contributed by atoms with van der Waals surface area (Å²) in [5.74, 6) is 2.02. The molecule has 1 aliphatic heterocycles. The van der Waals surface area contributed by atoms with Crippen molar-refractivity contribution in [2.75, 3.05) is 23.9 Å². The van der Waals surface area contributed by atoms with E-state index in [2.05, 4.69) is 22.1 Å². The third-order valence-electron chi connectivity index (χ3n) is 5.57. The van der Waals surface area contributed by atoms with Crippen LogP contribution in [0.2, 0.25) is 5.02 Å². The van der Waals surface area contributed by atoms with Crippen molar-refractivity contribution in [3.05, 3.63) is 39.5 Å². The number of carbonyl (C=O) groups is 1. The molecule has 6 nitrogen and oxygen atoms in total. The van der Waals surface area contributed by atoms with Crippen molar-refractivity contribution in [1.29, 1.82) is 0 Å². The van der Waals surface area contributed by atoms with Crippen LogP contribution >= 0.6 is 22.9 Å². The molecule has 1 N–H and O–H groups in total. The van der Waals surface area contributed by atoms with Gasteiger partial charge in [-0.05, 0) is 63.8 Å². The first kappa shape index (κ1) is 20.9. The quantitative estimate of drug-likeness (QED) is 0.567. The first-order valence-corrected chi connectivity index (χ1v) is 11.3. The standard InChI is InChI=1S/C22H25ClN4O2S/c1-12-7-5-6-10-27(12)20-18-13(2)19(30-22(18)25-14(3)24-20)21(28)26-16-11-15(23)8-9-17(16)29-4/h8-9,11-12H,5-7,10H2,1-4H3,(H,26,28). The molecule has 0 bridgehead atoms. The van der Waals surface area contributed by atoms with E-state index in [-0.39, 0.29) is 5.91 Å². The molecule has 1 atom stereocenters. The lowest BCUT2D eigenvalue weighted by Crippen LogP contribution is -2.38. The van der Waals surface area contributed by atoms with E-state index in [0.29, 0.717) is 27.4 Å². The van der Waals surface area contributed by atoms with Gasteiger partial charge in [0.05, 0.1) is 23.1 Å². The molecular weight excluding hydrogens is 420 g/mol. The smallest absolute Gasteiger partial charge is 0.266 e. The molecule has 2 aromatic heterocycles. The Morgan fingerprint density at radius 1 is 1.30 bits per heavy atom. The summed E-state index contributed by atoms with van der Waals surface area (Å²) in [6, 6.07) is 5.57. The minimum absolute atomic E-state index is 0.202. The van der Waals surface area contributed by atoms with E-state index in [1.54, 1.807) is 25.3 Å². The summed E-state index contributed by atoms with van der Waals surface area (Å²) >= 11 is 7.51. The van der Waals surface area contributed by atoms with Crippen molar-refractivity contribution in [2.24, 2.45) is 0 Å². The van der Waals surface area contributed by atoms with Crippen LogP contribution in [0.25, 0.3) is 10.2 Å². The van der Waals surface area contributed by atoms with E-state index < -0.39 is 0 Å². The number of aryl methyl sites for hydroxylation is 2. The molecule has 30 heavy (non-hydrogen) atoms. The molecule has 1 amide bonds. The molecule has 1 fully saturated rings. The molecule has 0 saturated carbocycles. The number of carbonyl (C=O) groups excluding carboxylic acids is 1.